The van der Waals surface area contributed by atoms with Crippen molar-refractivity contribution in [2.24, 2.45) is 0 Å². The molecule has 1 aliphatic rings. The van der Waals surface area contributed by atoms with Crippen molar-refractivity contribution in [3.63, 3.8) is 0 Å². The summed E-state index contributed by atoms with van der Waals surface area (Å²) in [5, 5.41) is 6.28. The van der Waals surface area contributed by atoms with Gasteiger partial charge in [-0.3, -0.25) is 4.79 Å². The molecular formula is C26H26FN3O. The highest BCUT2D eigenvalue weighted by Gasteiger charge is 2.23. The van der Waals surface area contributed by atoms with Crippen LogP contribution in [0.5, 0.6) is 0 Å². The third kappa shape index (κ3) is 4.06. The molecule has 158 valence electrons. The number of nitrogens with one attached hydrogen (secondary N) is 2. The zero-order valence-electron chi connectivity index (χ0n) is 17.4. The molecule has 3 aromatic carbocycles. The molecule has 1 fully saturated rings. The summed E-state index contributed by atoms with van der Waals surface area (Å²) in [4.78, 5) is 18.3. The minimum atomic E-state index is -0.207. The molecule has 1 amide bonds. The van der Waals surface area contributed by atoms with E-state index in [0.717, 1.165) is 59.7 Å². The fourth-order valence-corrected chi connectivity index (χ4v) is 4.77. The second kappa shape index (κ2) is 8.52. The lowest BCUT2D eigenvalue weighted by Crippen LogP contribution is -2.39. The molecular weight excluding hydrogens is 389 g/mol. The van der Waals surface area contributed by atoms with E-state index in [-0.39, 0.29) is 11.7 Å². The molecule has 1 aliphatic heterocycles. The molecule has 0 spiro atoms. The van der Waals surface area contributed by atoms with Crippen LogP contribution in [0.2, 0.25) is 0 Å². The Labute approximate surface area is 181 Å². The fourth-order valence-electron chi connectivity index (χ4n) is 4.77. The van der Waals surface area contributed by atoms with Crippen LogP contribution < -0.4 is 5.32 Å². The third-order valence-corrected chi connectivity index (χ3v) is 6.45. The van der Waals surface area contributed by atoms with E-state index in [1.54, 1.807) is 6.07 Å². The van der Waals surface area contributed by atoms with E-state index in [4.69, 9.17) is 0 Å². The van der Waals surface area contributed by atoms with Gasteiger partial charge in [0.05, 0.1) is 0 Å². The zero-order chi connectivity index (χ0) is 21.2. The molecule has 2 heterocycles. The number of hydrogen-bond donors (Lipinski definition) is 2. The van der Waals surface area contributed by atoms with Gasteiger partial charge >= 0.3 is 0 Å². The number of likely N-dealkylation sites (tertiary alicyclic amines) is 1. The van der Waals surface area contributed by atoms with Gasteiger partial charge in [0.1, 0.15) is 5.82 Å². The molecule has 5 rings (SSSR count). The first-order chi connectivity index (χ1) is 15.2. The molecule has 0 aliphatic carbocycles. The molecule has 4 aromatic rings. The minimum absolute atomic E-state index is 0.0160. The summed E-state index contributed by atoms with van der Waals surface area (Å²) in [5.74, 6) is 0.264. The lowest BCUT2D eigenvalue weighted by molar-refractivity contribution is 0.0947. The monoisotopic (exact) mass is 415 g/mol. The summed E-state index contributed by atoms with van der Waals surface area (Å²) >= 11 is 0. The summed E-state index contributed by atoms with van der Waals surface area (Å²) in [5.41, 5.74) is 2.89. The number of nitrogens with zero attached hydrogens (tertiary/aromatic N) is 1. The number of halogens is 1. The number of hydrogen-bond acceptors (Lipinski definition) is 2. The van der Waals surface area contributed by atoms with Gasteiger partial charge in [0, 0.05) is 35.8 Å². The van der Waals surface area contributed by atoms with Gasteiger partial charge in [-0.05, 0) is 72.5 Å². The van der Waals surface area contributed by atoms with Crippen molar-refractivity contribution >= 4 is 27.6 Å². The van der Waals surface area contributed by atoms with Crippen molar-refractivity contribution in [3.05, 3.63) is 83.8 Å². The summed E-state index contributed by atoms with van der Waals surface area (Å²) < 4.78 is 13.4. The Balaban J connectivity index is 1.15. The molecule has 4 nitrogen and oxygen atoms in total. The zero-order valence-corrected chi connectivity index (χ0v) is 17.4. The number of carbonyl (C=O) groups is 1. The van der Waals surface area contributed by atoms with Crippen molar-refractivity contribution in [1.29, 1.82) is 0 Å². The molecule has 1 saturated heterocycles. The van der Waals surface area contributed by atoms with Gasteiger partial charge < -0.3 is 15.2 Å². The highest BCUT2D eigenvalue weighted by molar-refractivity contribution is 6.07. The molecule has 5 heteroatoms. The maximum Gasteiger partial charge on any atom is 0.251 e. The number of fused-ring (bicyclic) bond motifs is 2. The Kier molecular flexibility index (Phi) is 5.43. The van der Waals surface area contributed by atoms with Crippen LogP contribution in [0.3, 0.4) is 0 Å². The number of aromatic nitrogens is 1. The van der Waals surface area contributed by atoms with E-state index in [9.17, 15) is 9.18 Å². The molecule has 2 N–H and O–H groups in total. The molecule has 1 aromatic heterocycles. The molecule has 0 bridgehead atoms. The van der Waals surface area contributed by atoms with Crippen LogP contribution in [0.1, 0.15) is 34.7 Å². The Morgan fingerprint density at radius 3 is 2.71 bits per heavy atom. The summed E-state index contributed by atoms with van der Waals surface area (Å²) in [6, 6.07) is 18.8. The minimum Gasteiger partial charge on any atom is -0.361 e. The average molecular weight is 416 g/mol. The Hall–Kier alpha value is -3.18. The second-order valence-electron chi connectivity index (χ2n) is 8.33. The van der Waals surface area contributed by atoms with Gasteiger partial charge in [0.2, 0.25) is 0 Å². The van der Waals surface area contributed by atoms with Gasteiger partial charge in [-0.1, -0.05) is 36.4 Å². The van der Waals surface area contributed by atoms with E-state index in [1.807, 2.05) is 54.7 Å². The lowest BCUT2D eigenvalue weighted by atomic mass is 9.89. The first-order valence-electron chi connectivity index (χ1n) is 10.9. The largest absolute Gasteiger partial charge is 0.361 e. The Morgan fingerprint density at radius 2 is 1.84 bits per heavy atom. The lowest BCUT2D eigenvalue weighted by Gasteiger charge is -2.32. The maximum absolute atomic E-state index is 13.4. The summed E-state index contributed by atoms with van der Waals surface area (Å²) in [6.07, 6.45) is 4.18. The van der Waals surface area contributed by atoms with Crippen molar-refractivity contribution in [3.8, 4) is 0 Å². The van der Waals surface area contributed by atoms with Crippen LogP contribution in [0, 0.1) is 5.82 Å². The number of rotatable bonds is 5. The molecule has 0 unspecified atom stereocenters. The van der Waals surface area contributed by atoms with Crippen LogP contribution in [0.15, 0.2) is 66.9 Å². The van der Waals surface area contributed by atoms with E-state index in [1.165, 1.54) is 11.6 Å². The van der Waals surface area contributed by atoms with E-state index >= 15 is 0 Å². The van der Waals surface area contributed by atoms with Gasteiger partial charge in [-0.25, -0.2) is 4.39 Å². The second-order valence-corrected chi connectivity index (χ2v) is 8.33. The summed E-state index contributed by atoms with van der Waals surface area (Å²) in [6.45, 7) is 3.49. The maximum atomic E-state index is 13.4. The molecule has 31 heavy (non-hydrogen) atoms. The van der Waals surface area contributed by atoms with Gasteiger partial charge in [0.15, 0.2) is 0 Å². The Morgan fingerprint density at radius 1 is 1.03 bits per heavy atom. The van der Waals surface area contributed by atoms with E-state index < -0.39 is 0 Å². The van der Waals surface area contributed by atoms with Crippen LogP contribution in [-0.2, 0) is 0 Å². The number of carbonyl (C=O) groups excluding carboxylic acids is 1. The predicted octanol–water partition coefficient (Wildman–Crippen LogP) is 5.07. The summed E-state index contributed by atoms with van der Waals surface area (Å²) in [7, 11) is 0. The van der Waals surface area contributed by atoms with Crippen LogP contribution in [0.25, 0.3) is 21.7 Å². The molecule has 0 saturated carbocycles. The topological polar surface area (TPSA) is 48.1 Å². The standard InChI is InChI=1S/C26H26FN3O/c27-20-8-9-22-24(17-29-25(22)16-20)19-10-13-30(14-11-19)15-12-28-26(31)23-7-3-5-18-4-1-2-6-21(18)23/h1-9,16-17,19,29H,10-15H2,(H,28,31). The number of benzene rings is 3. The highest BCUT2D eigenvalue weighted by atomic mass is 19.1. The average Bonchev–Trinajstić information content (AvgIpc) is 3.22. The number of piperidine rings is 1. The van der Waals surface area contributed by atoms with Crippen molar-refractivity contribution in [2.45, 2.75) is 18.8 Å². The van der Waals surface area contributed by atoms with Gasteiger partial charge in [-0.2, -0.15) is 0 Å². The predicted molar refractivity (Wildman–Crippen MR) is 123 cm³/mol. The number of H-pyrrole nitrogens is 1. The Bertz CT molecular complexity index is 1220. The molecule has 0 radical (unpaired) electrons. The van der Waals surface area contributed by atoms with Gasteiger partial charge in [-0.15, -0.1) is 0 Å². The first-order valence-corrected chi connectivity index (χ1v) is 10.9. The number of amides is 1. The normalized spacial score (nSPS) is 15.5. The number of aromatic amines is 1. The fraction of sp³-hybridized carbons (Fsp3) is 0.269. The SMILES string of the molecule is O=C(NCCN1CCC(c2c[nH]c3cc(F)ccc23)CC1)c1cccc2ccccc12. The highest BCUT2D eigenvalue weighted by Crippen LogP contribution is 2.33. The smallest absolute Gasteiger partial charge is 0.251 e. The van der Waals surface area contributed by atoms with Crippen molar-refractivity contribution in [2.75, 3.05) is 26.2 Å². The van der Waals surface area contributed by atoms with Crippen LogP contribution in [0.4, 0.5) is 4.39 Å². The van der Waals surface area contributed by atoms with Crippen molar-refractivity contribution < 1.29 is 9.18 Å². The molecule has 0 atom stereocenters. The van der Waals surface area contributed by atoms with E-state index in [2.05, 4.69) is 15.2 Å². The van der Waals surface area contributed by atoms with E-state index in [0.29, 0.717) is 12.5 Å². The first kappa shape index (κ1) is 19.8. The van der Waals surface area contributed by atoms with Crippen LogP contribution in [-0.4, -0.2) is 42.0 Å². The van der Waals surface area contributed by atoms with Crippen LogP contribution >= 0.6 is 0 Å². The third-order valence-electron chi connectivity index (χ3n) is 6.45. The van der Waals surface area contributed by atoms with Crippen molar-refractivity contribution in [1.82, 2.24) is 15.2 Å². The van der Waals surface area contributed by atoms with Gasteiger partial charge in [0.25, 0.3) is 5.91 Å². The quantitative estimate of drug-likeness (QED) is 0.478.